The van der Waals surface area contributed by atoms with Gasteiger partial charge in [-0.15, -0.1) is 0 Å². The Hall–Kier alpha value is -1.55. The van der Waals surface area contributed by atoms with Crippen molar-refractivity contribution in [3.8, 4) is 0 Å². The number of carbonyl (C=O) groups is 1. The van der Waals surface area contributed by atoms with E-state index in [0.29, 0.717) is 23.7 Å². The van der Waals surface area contributed by atoms with E-state index in [0.717, 1.165) is 13.0 Å². The van der Waals surface area contributed by atoms with Gasteiger partial charge in [-0.05, 0) is 31.5 Å². The van der Waals surface area contributed by atoms with Crippen LogP contribution in [0, 0.1) is 5.92 Å². The molecular formula is C13H18N2O2. The van der Waals surface area contributed by atoms with E-state index in [2.05, 4.69) is 5.32 Å². The van der Waals surface area contributed by atoms with Gasteiger partial charge in [0.1, 0.15) is 0 Å². The molecule has 4 heteroatoms. The molecule has 1 aliphatic heterocycles. The largest absolute Gasteiger partial charge is 0.399 e. The van der Waals surface area contributed by atoms with Crippen molar-refractivity contribution in [1.29, 1.82) is 0 Å². The molecule has 1 aliphatic rings. The van der Waals surface area contributed by atoms with Crippen LogP contribution in [0.4, 0.5) is 5.69 Å². The van der Waals surface area contributed by atoms with Crippen LogP contribution in [0.3, 0.4) is 0 Å². The number of anilines is 1. The molecule has 0 spiro atoms. The minimum absolute atomic E-state index is 0.0728. The van der Waals surface area contributed by atoms with Gasteiger partial charge in [-0.25, -0.2) is 0 Å². The second-order valence-corrected chi connectivity index (χ2v) is 4.46. The molecule has 0 bridgehead atoms. The van der Waals surface area contributed by atoms with Gasteiger partial charge in [-0.3, -0.25) is 4.79 Å². The molecule has 2 unspecified atom stereocenters. The Morgan fingerprint density at radius 1 is 1.59 bits per heavy atom. The van der Waals surface area contributed by atoms with Crippen LogP contribution in [-0.2, 0) is 4.74 Å². The Labute approximate surface area is 101 Å². The average molecular weight is 234 g/mol. The van der Waals surface area contributed by atoms with Crippen LogP contribution < -0.4 is 11.1 Å². The van der Waals surface area contributed by atoms with E-state index in [1.54, 1.807) is 24.3 Å². The summed E-state index contributed by atoms with van der Waals surface area (Å²) in [5.74, 6) is 0.344. The van der Waals surface area contributed by atoms with Crippen molar-refractivity contribution in [3.05, 3.63) is 29.8 Å². The van der Waals surface area contributed by atoms with Crippen LogP contribution in [0.2, 0.25) is 0 Å². The minimum atomic E-state index is -0.0728. The molecule has 0 aliphatic carbocycles. The Morgan fingerprint density at radius 3 is 3.06 bits per heavy atom. The number of ether oxygens (including phenoxy) is 1. The second-order valence-electron chi connectivity index (χ2n) is 4.46. The molecule has 1 aromatic rings. The van der Waals surface area contributed by atoms with Crippen molar-refractivity contribution in [3.63, 3.8) is 0 Å². The molecule has 92 valence electrons. The topological polar surface area (TPSA) is 64.3 Å². The molecule has 2 atom stereocenters. The number of hydrogen-bond acceptors (Lipinski definition) is 3. The summed E-state index contributed by atoms with van der Waals surface area (Å²) in [6.07, 6.45) is 1.24. The zero-order valence-corrected chi connectivity index (χ0v) is 9.98. The summed E-state index contributed by atoms with van der Waals surface area (Å²) in [5.41, 5.74) is 6.85. The van der Waals surface area contributed by atoms with Crippen LogP contribution in [-0.4, -0.2) is 25.2 Å². The van der Waals surface area contributed by atoms with Gasteiger partial charge in [-0.2, -0.15) is 0 Å². The molecule has 17 heavy (non-hydrogen) atoms. The molecule has 1 saturated heterocycles. The summed E-state index contributed by atoms with van der Waals surface area (Å²) >= 11 is 0. The first-order valence-corrected chi connectivity index (χ1v) is 5.92. The number of rotatable bonds is 3. The predicted molar refractivity (Wildman–Crippen MR) is 66.7 cm³/mol. The van der Waals surface area contributed by atoms with Gasteiger partial charge < -0.3 is 15.8 Å². The Bertz CT molecular complexity index is 406. The van der Waals surface area contributed by atoms with Gasteiger partial charge in [0.25, 0.3) is 5.91 Å². The number of nitrogen functional groups attached to an aromatic ring is 1. The smallest absolute Gasteiger partial charge is 0.251 e. The Morgan fingerprint density at radius 2 is 2.41 bits per heavy atom. The van der Waals surface area contributed by atoms with Gasteiger partial charge in [0.2, 0.25) is 0 Å². The SMILES string of the molecule is CC1OCCC1CNC(=O)c1cccc(N)c1. The first kappa shape index (κ1) is 11.9. The van der Waals surface area contributed by atoms with Crippen LogP contribution in [0.15, 0.2) is 24.3 Å². The first-order valence-electron chi connectivity index (χ1n) is 5.92. The molecule has 0 aromatic heterocycles. The summed E-state index contributed by atoms with van der Waals surface area (Å²) in [5, 5.41) is 2.92. The van der Waals surface area contributed by atoms with E-state index in [-0.39, 0.29) is 12.0 Å². The second kappa shape index (κ2) is 5.19. The first-order chi connectivity index (χ1) is 8.16. The fourth-order valence-electron chi connectivity index (χ4n) is 2.05. The van der Waals surface area contributed by atoms with E-state index in [9.17, 15) is 4.79 Å². The maximum absolute atomic E-state index is 11.9. The van der Waals surface area contributed by atoms with Crippen molar-refractivity contribution in [1.82, 2.24) is 5.32 Å². The molecule has 4 nitrogen and oxygen atoms in total. The summed E-state index contributed by atoms with van der Waals surface area (Å²) in [6.45, 7) is 3.50. The summed E-state index contributed by atoms with van der Waals surface area (Å²) in [6, 6.07) is 7.00. The Balaban J connectivity index is 1.89. The third-order valence-electron chi connectivity index (χ3n) is 3.21. The van der Waals surface area contributed by atoms with Gasteiger partial charge in [0.05, 0.1) is 6.10 Å². The monoisotopic (exact) mass is 234 g/mol. The predicted octanol–water partition coefficient (Wildman–Crippen LogP) is 1.42. The van der Waals surface area contributed by atoms with Crippen LogP contribution in [0.25, 0.3) is 0 Å². The summed E-state index contributed by atoms with van der Waals surface area (Å²) in [4.78, 5) is 11.9. The number of hydrogen-bond donors (Lipinski definition) is 2. The maximum Gasteiger partial charge on any atom is 0.251 e. The molecule has 0 saturated carbocycles. The maximum atomic E-state index is 11.9. The van der Waals surface area contributed by atoms with Gasteiger partial charge >= 0.3 is 0 Å². The number of amides is 1. The Kier molecular flexibility index (Phi) is 3.64. The van der Waals surface area contributed by atoms with Gasteiger partial charge in [0, 0.05) is 30.3 Å². The number of carbonyl (C=O) groups excluding carboxylic acids is 1. The fourth-order valence-corrected chi connectivity index (χ4v) is 2.05. The lowest BCUT2D eigenvalue weighted by atomic mass is 10.0. The minimum Gasteiger partial charge on any atom is -0.399 e. The van der Waals surface area contributed by atoms with E-state index in [1.165, 1.54) is 0 Å². The zero-order chi connectivity index (χ0) is 12.3. The molecule has 1 heterocycles. The van der Waals surface area contributed by atoms with Crippen molar-refractivity contribution in [2.75, 3.05) is 18.9 Å². The summed E-state index contributed by atoms with van der Waals surface area (Å²) < 4.78 is 5.45. The van der Waals surface area contributed by atoms with Gasteiger partial charge in [-0.1, -0.05) is 6.07 Å². The van der Waals surface area contributed by atoms with Crippen LogP contribution in [0.1, 0.15) is 23.7 Å². The van der Waals surface area contributed by atoms with Crippen LogP contribution in [0.5, 0.6) is 0 Å². The molecule has 1 fully saturated rings. The fraction of sp³-hybridized carbons (Fsp3) is 0.462. The highest BCUT2D eigenvalue weighted by Gasteiger charge is 2.24. The third-order valence-corrected chi connectivity index (χ3v) is 3.21. The lowest BCUT2D eigenvalue weighted by Gasteiger charge is -2.14. The lowest BCUT2D eigenvalue weighted by molar-refractivity contribution is 0.0907. The quantitative estimate of drug-likeness (QED) is 0.777. The highest BCUT2D eigenvalue weighted by atomic mass is 16.5. The van der Waals surface area contributed by atoms with Crippen molar-refractivity contribution in [2.45, 2.75) is 19.4 Å². The molecule has 3 N–H and O–H groups in total. The standard InChI is InChI=1S/C13H18N2O2/c1-9-11(5-6-17-9)8-15-13(16)10-3-2-4-12(14)7-10/h2-4,7,9,11H,5-6,8,14H2,1H3,(H,15,16). The number of nitrogens with two attached hydrogens (primary N) is 1. The van der Waals surface area contributed by atoms with E-state index in [4.69, 9.17) is 10.5 Å². The summed E-state index contributed by atoms with van der Waals surface area (Å²) in [7, 11) is 0. The molecule has 2 rings (SSSR count). The molecular weight excluding hydrogens is 216 g/mol. The highest BCUT2D eigenvalue weighted by molar-refractivity contribution is 5.94. The van der Waals surface area contributed by atoms with E-state index >= 15 is 0 Å². The molecule has 1 amide bonds. The normalized spacial score (nSPS) is 23.6. The van der Waals surface area contributed by atoms with Crippen LogP contribution >= 0.6 is 0 Å². The average Bonchev–Trinajstić information content (AvgIpc) is 2.72. The third kappa shape index (κ3) is 2.97. The van der Waals surface area contributed by atoms with E-state index in [1.807, 2.05) is 6.92 Å². The molecule has 0 radical (unpaired) electrons. The number of nitrogens with one attached hydrogen (secondary N) is 1. The van der Waals surface area contributed by atoms with Crippen molar-refractivity contribution < 1.29 is 9.53 Å². The number of benzene rings is 1. The van der Waals surface area contributed by atoms with Crippen molar-refractivity contribution in [2.24, 2.45) is 5.92 Å². The zero-order valence-electron chi connectivity index (χ0n) is 9.98. The molecule has 1 aromatic carbocycles. The van der Waals surface area contributed by atoms with E-state index < -0.39 is 0 Å². The lowest BCUT2D eigenvalue weighted by Crippen LogP contribution is -2.31. The highest BCUT2D eigenvalue weighted by Crippen LogP contribution is 2.19. The van der Waals surface area contributed by atoms with Crippen molar-refractivity contribution >= 4 is 11.6 Å². The van der Waals surface area contributed by atoms with Gasteiger partial charge in [0.15, 0.2) is 0 Å².